The van der Waals surface area contributed by atoms with Gasteiger partial charge in [0.05, 0.1) is 0 Å². The molecular formula is C5H10Cl2Si. The standard InChI is InChI=1S/C5H10Cl2Si/c6-8(7)4-2-1-3-5-8/h1-5H2. The highest BCUT2D eigenvalue weighted by Crippen LogP contribution is 2.34. The fraction of sp³-hybridized carbons (Fsp3) is 1.00. The minimum absolute atomic E-state index is 1.12. The number of halogens is 2. The van der Waals surface area contributed by atoms with Crippen molar-refractivity contribution in [1.82, 2.24) is 0 Å². The van der Waals surface area contributed by atoms with Crippen molar-refractivity contribution in [3.63, 3.8) is 0 Å². The van der Waals surface area contributed by atoms with E-state index in [4.69, 9.17) is 22.2 Å². The molecule has 0 atom stereocenters. The number of rotatable bonds is 0. The van der Waals surface area contributed by atoms with Crippen LogP contribution in [0, 0.1) is 0 Å². The van der Waals surface area contributed by atoms with E-state index in [1.54, 1.807) is 0 Å². The first-order valence-electron chi connectivity index (χ1n) is 3.09. The summed E-state index contributed by atoms with van der Waals surface area (Å²) in [4.78, 5) is 0. The molecule has 1 aliphatic heterocycles. The van der Waals surface area contributed by atoms with E-state index in [2.05, 4.69) is 0 Å². The summed E-state index contributed by atoms with van der Waals surface area (Å²) in [5.74, 6) is 0. The lowest BCUT2D eigenvalue weighted by molar-refractivity contribution is 0.727. The van der Waals surface area contributed by atoms with Gasteiger partial charge in [-0.1, -0.05) is 19.3 Å². The topological polar surface area (TPSA) is 0 Å². The van der Waals surface area contributed by atoms with Gasteiger partial charge in [-0.3, -0.25) is 0 Å². The molecule has 1 fully saturated rings. The minimum Gasteiger partial charge on any atom is -0.146 e. The third-order valence-corrected chi connectivity index (χ3v) is 6.02. The zero-order valence-electron chi connectivity index (χ0n) is 4.79. The summed E-state index contributed by atoms with van der Waals surface area (Å²) in [5, 5.41) is 0. The van der Waals surface area contributed by atoms with Crippen LogP contribution in [0.15, 0.2) is 0 Å². The molecule has 1 rings (SSSR count). The normalized spacial score (nSPS) is 27.8. The minimum atomic E-state index is -1.65. The molecule has 1 heterocycles. The zero-order valence-corrected chi connectivity index (χ0v) is 7.30. The number of hydrogen-bond acceptors (Lipinski definition) is 0. The molecule has 48 valence electrons. The molecule has 0 unspecified atom stereocenters. The van der Waals surface area contributed by atoms with Gasteiger partial charge in [0, 0.05) is 0 Å². The Kier molecular flexibility index (Phi) is 2.24. The van der Waals surface area contributed by atoms with Gasteiger partial charge in [0.25, 0.3) is 6.69 Å². The van der Waals surface area contributed by atoms with E-state index in [0.29, 0.717) is 0 Å². The lowest BCUT2D eigenvalue weighted by Crippen LogP contribution is -2.21. The summed E-state index contributed by atoms with van der Waals surface area (Å²) in [6.45, 7) is -1.65. The van der Waals surface area contributed by atoms with Crippen LogP contribution in [0.1, 0.15) is 19.3 Å². The van der Waals surface area contributed by atoms with E-state index in [-0.39, 0.29) is 0 Å². The van der Waals surface area contributed by atoms with Crippen molar-refractivity contribution in [3.05, 3.63) is 0 Å². The van der Waals surface area contributed by atoms with E-state index in [1.807, 2.05) is 0 Å². The molecule has 0 aliphatic carbocycles. The van der Waals surface area contributed by atoms with Gasteiger partial charge in [-0.25, -0.2) is 0 Å². The molecule has 0 N–H and O–H groups in total. The second-order valence-corrected chi connectivity index (χ2v) is 10.0. The molecule has 8 heavy (non-hydrogen) atoms. The lowest BCUT2D eigenvalue weighted by Gasteiger charge is -2.20. The van der Waals surface area contributed by atoms with Crippen LogP contribution in [0.3, 0.4) is 0 Å². The second-order valence-electron chi connectivity index (χ2n) is 2.42. The first-order valence-corrected chi connectivity index (χ1v) is 7.52. The fourth-order valence-corrected chi connectivity index (χ4v) is 4.46. The summed E-state index contributed by atoms with van der Waals surface area (Å²) in [6, 6.07) is 2.24. The Morgan fingerprint density at radius 1 is 0.875 bits per heavy atom. The highest BCUT2D eigenvalue weighted by atomic mass is 35.7. The number of hydrogen-bond donors (Lipinski definition) is 0. The summed E-state index contributed by atoms with van der Waals surface area (Å²) < 4.78 is 0. The maximum absolute atomic E-state index is 5.98. The van der Waals surface area contributed by atoms with Crippen molar-refractivity contribution in [2.45, 2.75) is 31.4 Å². The van der Waals surface area contributed by atoms with Crippen molar-refractivity contribution < 1.29 is 0 Å². The van der Waals surface area contributed by atoms with Crippen LogP contribution in [-0.4, -0.2) is 6.69 Å². The average Bonchev–Trinajstić information content (AvgIpc) is 1.65. The quantitative estimate of drug-likeness (QED) is 0.386. The monoisotopic (exact) mass is 168 g/mol. The van der Waals surface area contributed by atoms with Crippen molar-refractivity contribution in [2.75, 3.05) is 0 Å². The SMILES string of the molecule is Cl[Si]1(Cl)CCCCC1. The fourth-order valence-electron chi connectivity index (χ4n) is 1.07. The second kappa shape index (κ2) is 2.59. The maximum atomic E-state index is 5.98. The van der Waals surface area contributed by atoms with Gasteiger partial charge in [0.15, 0.2) is 0 Å². The van der Waals surface area contributed by atoms with Gasteiger partial charge in [-0.05, 0) is 12.1 Å². The largest absolute Gasteiger partial charge is 0.251 e. The predicted molar refractivity (Wildman–Crippen MR) is 40.9 cm³/mol. The third kappa shape index (κ3) is 1.96. The van der Waals surface area contributed by atoms with Crippen LogP contribution < -0.4 is 0 Å². The van der Waals surface area contributed by atoms with Gasteiger partial charge in [-0.15, -0.1) is 22.2 Å². The van der Waals surface area contributed by atoms with Crippen LogP contribution in [0.25, 0.3) is 0 Å². The first kappa shape index (κ1) is 6.91. The molecule has 0 aromatic carbocycles. The van der Waals surface area contributed by atoms with Crippen LogP contribution in [0.2, 0.25) is 12.1 Å². The van der Waals surface area contributed by atoms with Crippen molar-refractivity contribution in [2.24, 2.45) is 0 Å². The molecule has 1 saturated heterocycles. The molecule has 0 amide bonds. The average molecular weight is 169 g/mol. The summed E-state index contributed by atoms with van der Waals surface area (Å²) >= 11 is 12.0. The van der Waals surface area contributed by atoms with E-state index in [0.717, 1.165) is 12.1 Å². The molecule has 3 heteroatoms. The Balaban J connectivity index is 2.33. The van der Waals surface area contributed by atoms with E-state index >= 15 is 0 Å². The van der Waals surface area contributed by atoms with Gasteiger partial charge in [0.2, 0.25) is 0 Å². The van der Waals surface area contributed by atoms with Gasteiger partial charge < -0.3 is 0 Å². The molecule has 0 bridgehead atoms. The smallest absolute Gasteiger partial charge is 0.146 e. The zero-order chi connectivity index (χ0) is 6.04. The molecule has 0 saturated carbocycles. The first-order chi connectivity index (χ1) is 3.71. The molecule has 0 nitrogen and oxygen atoms in total. The van der Waals surface area contributed by atoms with E-state index in [9.17, 15) is 0 Å². The predicted octanol–water partition coefficient (Wildman–Crippen LogP) is 3.09. The Hall–Kier alpha value is 0.797. The highest BCUT2D eigenvalue weighted by Gasteiger charge is 2.29. The van der Waals surface area contributed by atoms with Crippen molar-refractivity contribution in [1.29, 1.82) is 0 Å². The van der Waals surface area contributed by atoms with Gasteiger partial charge in [0.1, 0.15) is 0 Å². The molecule has 1 aliphatic rings. The van der Waals surface area contributed by atoms with Crippen molar-refractivity contribution >= 4 is 28.9 Å². The molecule has 0 spiro atoms. The van der Waals surface area contributed by atoms with Crippen LogP contribution in [-0.2, 0) is 0 Å². The summed E-state index contributed by atoms with van der Waals surface area (Å²) in [6.07, 6.45) is 3.87. The van der Waals surface area contributed by atoms with E-state index < -0.39 is 6.69 Å². The summed E-state index contributed by atoms with van der Waals surface area (Å²) in [5.41, 5.74) is 0. The highest BCUT2D eigenvalue weighted by molar-refractivity contribution is 7.45. The molecule has 0 aromatic rings. The maximum Gasteiger partial charge on any atom is 0.251 e. The Labute approximate surface area is 60.6 Å². The van der Waals surface area contributed by atoms with Crippen LogP contribution >= 0.6 is 22.2 Å². The van der Waals surface area contributed by atoms with Crippen LogP contribution in [0.5, 0.6) is 0 Å². The molecule has 0 aromatic heterocycles. The van der Waals surface area contributed by atoms with E-state index in [1.165, 1.54) is 19.3 Å². The Morgan fingerprint density at radius 3 is 1.62 bits per heavy atom. The van der Waals surface area contributed by atoms with Gasteiger partial charge in [-0.2, -0.15) is 0 Å². The third-order valence-electron chi connectivity index (χ3n) is 1.59. The van der Waals surface area contributed by atoms with Crippen molar-refractivity contribution in [3.8, 4) is 0 Å². The Bertz CT molecular complexity index is 74.5. The molecule has 0 radical (unpaired) electrons. The van der Waals surface area contributed by atoms with Crippen LogP contribution in [0.4, 0.5) is 0 Å². The lowest BCUT2D eigenvalue weighted by atomic mass is 10.3. The van der Waals surface area contributed by atoms with Gasteiger partial charge >= 0.3 is 0 Å². The molecular weight excluding hydrogens is 159 g/mol. The Morgan fingerprint density at radius 2 is 1.38 bits per heavy atom. The summed E-state index contributed by atoms with van der Waals surface area (Å²) in [7, 11) is 0.